The van der Waals surface area contributed by atoms with Crippen molar-refractivity contribution in [2.75, 3.05) is 6.61 Å². The van der Waals surface area contributed by atoms with E-state index in [1.54, 1.807) is 0 Å². The first-order valence-electron chi connectivity index (χ1n) is 15.5. The summed E-state index contributed by atoms with van der Waals surface area (Å²) in [4.78, 5) is 7.70. The van der Waals surface area contributed by atoms with Gasteiger partial charge in [0.1, 0.15) is 5.75 Å². The van der Waals surface area contributed by atoms with Crippen molar-refractivity contribution in [2.24, 2.45) is 0 Å². The summed E-state index contributed by atoms with van der Waals surface area (Å²) in [5, 5.41) is 0. The minimum absolute atomic E-state index is 0.0294. The van der Waals surface area contributed by atoms with E-state index in [-0.39, 0.29) is 22.5 Å². The summed E-state index contributed by atoms with van der Waals surface area (Å²) in [5.74, 6) is -79.1. The molecule has 4 rings (SSSR count). The molecule has 1 aliphatic heterocycles. The van der Waals surface area contributed by atoms with E-state index in [2.05, 4.69) is 19.4 Å². The van der Waals surface area contributed by atoms with Gasteiger partial charge in [0.25, 0.3) is 0 Å². The van der Waals surface area contributed by atoms with Gasteiger partial charge in [-0.25, -0.2) is 9.97 Å². The van der Waals surface area contributed by atoms with Crippen LogP contribution >= 0.6 is 0 Å². The number of fused-ring (bicyclic) bond motifs is 1. The molecular weight excluding hydrogens is 942 g/mol. The maximum Gasteiger partial charge on any atom is 0.460 e. The zero-order valence-electron chi connectivity index (χ0n) is 28.6. The average molecular weight is 956 g/mol. The molecule has 0 saturated carbocycles. The summed E-state index contributed by atoms with van der Waals surface area (Å²) in [6.07, 6.45) is -19.0. The number of nitrogens with zero attached hydrogens (tertiary/aromatic N) is 2. The Kier molecular flexibility index (Phi) is 11.9. The number of aromatic nitrogens is 2. The molecule has 62 heavy (non-hydrogen) atoms. The molecule has 0 aliphatic carbocycles. The minimum Gasteiger partial charge on any atom is -0.487 e. The Labute approximate surface area is 324 Å². The highest BCUT2D eigenvalue weighted by Crippen LogP contribution is 2.62. The second kappa shape index (κ2) is 14.8. The molecule has 1 unspecified atom stereocenters. The highest BCUT2D eigenvalue weighted by molar-refractivity contribution is 5.66. The largest absolute Gasteiger partial charge is 0.487 e. The highest BCUT2D eigenvalue weighted by atomic mass is 19.4. The van der Waals surface area contributed by atoms with Crippen LogP contribution in [-0.4, -0.2) is 94.4 Å². The summed E-state index contributed by atoms with van der Waals surface area (Å²) < 4.78 is 361. The molecular formula is C31H14F26N2O3. The molecule has 1 atom stereocenters. The predicted octanol–water partition coefficient (Wildman–Crippen LogP) is 12.2. The molecule has 3 aromatic rings. The second-order valence-corrected chi connectivity index (χ2v) is 12.6. The third kappa shape index (κ3) is 7.66. The van der Waals surface area contributed by atoms with E-state index in [0.29, 0.717) is 12.1 Å². The van der Waals surface area contributed by atoms with Gasteiger partial charge >= 0.3 is 71.6 Å². The molecule has 31 heteroatoms. The van der Waals surface area contributed by atoms with Crippen molar-refractivity contribution in [1.82, 2.24) is 9.97 Å². The zero-order chi connectivity index (χ0) is 47.9. The SMILES string of the molecule is FC(F)(F)C(F)(F)C(F)(F)C(F)(F)C(F)(F)C(F)(F)COc1ccc(-c2cnc(-c3ccc4c(c3)OC(CC(F)(F)C(F)(F)C(F)(F)C(F)(F)C(F)(F)C(F)(F)F)O4)nc2)cc1. The van der Waals surface area contributed by atoms with Crippen molar-refractivity contribution in [3.8, 4) is 39.8 Å². The maximum absolute atomic E-state index is 14.4. The summed E-state index contributed by atoms with van der Waals surface area (Å²) in [6, 6.07) is 5.63. The predicted molar refractivity (Wildman–Crippen MR) is 150 cm³/mol. The van der Waals surface area contributed by atoms with Crippen LogP contribution in [0.5, 0.6) is 17.2 Å². The number of hydrogen-bond acceptors (Lipinski definition) is 5. The van der Waals surface area contributed by atoms with Crippen LogP contribution in [0.3, 0.4) is 0 Å². The molecule has 348 valence electrons. The van der Waals surface area contributed by atoms with Gasteiger partial charge in [-0.1, -0.05) is 12.1 Å². The third-order valence-electron chi connectivity index (χ3n) is 8.40. The van der Waals surface area contributed by atoms with Crippen molar-refractivity contribution >= 4 is 0 Å². The molecule has 1 aliphatic rings. The molecule has 1 aromatic heterocycles. The Bertz CT molecular complexity index is 2080. The fourth-order valence-electron chi connectivity index (χ4n) is 4.80. The molecule has 0 fully saturated rings. The van der Waals surface area contributed by atoms with Gasteiger partial charge in [-0.05, 0) is 35.9 Å². The van der Waals surface area contributed by atoms with Crippen LogP contribution in [0, 0.1) is 0 Å². The first kappa shape index (κ1) is 49.8. The van der Waals surface area contributed by atoms with Gasteiger partial charge < -0.3 is 14.2 Å². The number of hydrogen-bond donors (Lipinski definition) is 0. The monoisotopic (exact) mass is 956 g/mol. The summed E-state index contributed by atoms with van der Waals surface area (Å²) in [5.41, 5.74) is -0.244. The first-order chi connectivity index (χ1) is 27.6. The zero-order valence-corrected chi connectivity index (χ0v) is 28.6. The van der Waals surface area contributed by atoms with Gasteiger partial charge in [0.05, 0.1) is 6.42 Å². The maximum atomic E-state index is 14.4. The van der Waals surface area contributed by atoms with Crippen LogP contribution in [0.1, 0.15) is 6.42 Å². The molecule has 0 amide bonds. The Balaban J connectivity index is 1.44. The van der Waals surface area contributed by atoms with Gasteiger partial charge in [0, 0.05) is 23.5 Å². The van der Waals surface area contributed by atoms with Crippen LogP contribution in [0.2, 0.25) is 0 Å². The number of alkyl halides is 26. The molecule has 2 heterocycles. The van der Waals surface area contributed by atoms with E-state index in [1.807, 2.05) is 0 Å². The lowest BCUT2D eigenvalue weighted by Gasteiger charge is -2.39. The van der Waals surface area contributed by atoms with E-state index >= 15 is 0 Å². The van der Waals surface area contributed by atoms with Crippen molar-refractivity contribution in [2.45, 2.75) is 84.3 Å². The fourth-order valence-corrected chi connectivity index (χ4v) is 4.80. The van der Waals surface area contributed by atoms with Gasteiger partial charge in [0.15, 0.2) is 23.9 Å². The van der Waals surface area contributed by atoms with Crippen molar-refractivity contribution in [1.29, 1.82) is 0 Å². The van der Waals surface area contributed by atoms with Gasteiger partial charge in [-0.2, -0.15) is 114 Å². The number of rotatable bonds is 15. The molecule has 0 N–H and O–H groups in total. The normalized spacial score (nSPS) is 16.8. The fraction of sp³-hybridized carbons (Fsp3) is 0.484. The molecule has 0 radical (unpaired) electrons. The van der Waals surface area contributed by atoms with E-state index in [9.17, 15) is 114 Å². The lowest BCUT2D eigenvalue weighted by atomic mass is 9.92. The molecule has 0 bridgehead atoms. The topological polar surface area (TPSA) is 53.5 Å². The van der Waals surface area contributed by atoms with E-state index in [0.717, 1.165) is 42.7 Å². The number of benzene rings is 2. The van der Waals surface area contributed by atoms with Crippen molar-refractivity contribution in [3.05, 3.63) is 54.9 Å². The van der Waals surface area contributed by atoms with Gasteiger partial charge in [-0.3, -0.25) is 0 Å². The molecule has 5 nitrogen and oxygen atoms in total. The quantitative estimate of drug-likeness (QED) is 0.142. The lowest BCUT2D eigenvalue weighted by molar-refractivity contribution is -0.441. The van der Waals surface area contributed by atoms with Crippen molar-refractivity contribution < 1.29 is 128 Å². The van der Waals surface area contributed by atoms with Crippen molar-refractivity contribution in [3.63, 3.8) is 0 Å². The summed E-state index contributed by atoms with van der Waals surface area (Å²) >= 11 is 0. The smallest absolute Gasteiger partial charge is 0.460 e. The van der Waals surface area contributed by atoms with Gasteiger partial charge in [0.2, 0.25) is 6.29 Å². The van der Waals surface area contributed by atoms with E-state index < -0.39 is 108 Å². The van der Waals surface area contributed by atoms with Crippen LogP contribution in [0.4, 0.5) is 114 Å². The Morgan fingerprint density at radius 2 is 0.806 bits per heavy atom. The number of ether oxygens (including phenoxy) is 3. The molecule has 0 saturated heterocycles. The van der Waals surface area contributed by atoms with Crippen LogP contribution in [0.15, 0.2) is 54.9 Å². The standard InChI is InChI=1S/C31H14F26N2O3/c32-20(33,22(36,37)24(40,41)26(44,45)28(48,49)30(52,53)54)8-18-61-16-6-3-13(7-17(16)62-18)19-58-9-14(10-59-19)12-1-4-15(5-2-12)60-11-21(34,35)23(38,39)25(42,43)27(46,47)29(50,51)31(55,56)57/h1-7,9-10,18H,8,11H2. The van der Waals surface area contributed by atoms with Crippen LogP contribution in [0.25, 0.3) is 22.5 Å². The first-order valence-corrected chi connectivity index (χ1v) is 15.5. The van der Waals surface area contributed by atoms with Gasteiger partial charge in [-0.15, -0.1) is 0 Å². The Morgan fingerprint density at radius 1 is 0.419 bits per heavy atom. The van der Waals surface area contributed by atoms with Crippen LogP contribution < -0.4 is 14.2 Å². The van der Waals surface area contributed by atoms with E-state index in [1.165, 1.54) is 0 Å². The van der Waals surface area contributed by atoms with E-state index in [4.69, 9.17) is 4.74 Å². The highest BCUT2D eigenvalue weighted by Gasteiger charge is 2.92. The Morgan fingerprint density at radius 3 is 1.24 bits per heavy atom. The number of halogens is 26. The minimum atomic E-state index is -8.13. The summed E-state index contributed by atoms with van der Waals surface area (Å²) in [6.45, 7) is -2.99. The lowest BCUT2D eigenvalue weighted by Crippen LogP contribution is -2.70. The average Bonchev–Trinajstić information content (AvgIpc) is 3.53. The third-order valence-corrected chi connectivity index (χ3v) is 8.40. The Hall–Kier alpha value is -4.90. The summed E-state index contributed by atoms with van der Waals surface area (Å²) in [7, 11) is 0. The van der Waals surface area contributed by atoms with Crippen LogP contribution in [-0.2, 0) is 0 Å². The molecule has 2 aromatic carbocycles. The second-order valence-electron chi connectivity index (χ2n) is 12.6. The molecule has 0 spiro atoms.